The van der Waals surface area contributed by atoms with Crippen LogP contribution in [0.3, 0.4) is 0 Å². The van der Waals surface area contributed by atoms with Crippen LogP contribution in [0.25, 0.3) is 22.0 Å². The van der Waals surface area contributed by atoms with Crippen LogP contribution in [0, 0.1) is 5.82 Å². The third-order valence-corrected chi connectivity index (χ3v) is 7.04. The first-order valence-corrected chi connectivity index (χ1v) is 13.7. The smallest absolute Gasteiger partial charge is 0.335 e. The lowest BCUT2D eigenvalue weighted by atomic mass is 10.0. The molecule has 0 amide bonds. The number of nitrogens with one attached hydrogen (secondary N) is 2. The number of methoxy groups -OCH3 is 2. The summed E-state index contributed by atoms with van der Waals surface area (Å²) in [5.74, 6) is -1.45. The Balaban J connectivity index is 1.62. The standard InChI is InChI=1S/C28H23FN6O6S/c1-40-26-22(13-32-28(35-26)41-2)15-6-7-21-23(10-15)31-14-24(42(30,38)39)25(21)34-20-9-16(27(36)37)8-19(12-20)33-18-5-3-4-17(29)11-18/h3-14,33H,1-2H3,(H,31,34)(H,36,37)(H2,30,38,39). The molecule has 0 aliphatic rings. The summed E-state index contributed by atoms with van der Waals surface area (Å²) in [7, 11) is -1.39. The number of halogens is 1. The van der Waals surface area contributed by atoms with E-state index in [1.54, 1.807) is 30.3 Å². The van der Waals surface area contributed by atoms with Gasteiger partial charge in [-0.25, -0.2) is 27.7 Å². The van der Waals surface area contributed by atoms with Crippen LogP contribution >= 0.6 is 0 Å². The van der Waals surface area contributed by atoms with E-state index in [-0.39, 0.29) is 33.7 Å². The van der Waals surface area contributed by atoms with E-state index in [1.807, 2.05) is 0 Å². The van der Waals surface area contributed by atoms with Gasteiger partial charge in [0.25, 0.3) is 0 Å². The molecule has 3 aromatic carbocycles. The number of aromatic carboxylic acids is 1. The SMILES string of the molecule is COc1ncc(-c2ccc3c(Nc4cc(Nc5cccc(F)c5)cc(C(=O)O)c4)c(S(N)(=O)=O)cnc3c2)c(OC)n1. The lowest BCUT2D eigenvalue weighted by Gasteiger charge is -2.16. The zero-order chi connectivity index (χ0) is 30.0. The van der Waals surface area contributed by atoms with Crippen molar-refractivity contribution >= 4 is 49.6 Å². The molecule has 42 heavy (non-hydrogen) atoms. The molecule has 2 aromatic heterocycles. The molecule has 0 saturated heterocycles. The molecule has 0 saturated carbocycles. The number of nitrogens with zero attached hydrogens (tertiary/aromatic N) is 3. The number of benzene rings is 3. The minimum Gasteiger partial charge on any atom is -0.480 e. The van der Waals surface area contributed by atoms with Crippen molar-refractivity contribution in [3.8, 4) is 23.0 Å². The van der Waals surface area contributed by atoms with Crippen LogP contribution in [0.5, 0.6) is 11.9 Å². The van der Waals surface area contributed by atoms with Gasteiger partial charge in [-0.3, -0.25) is 4.98 Å². The molecule has 0 aliphatic heterocycles. The number of aromatic nitrogens is 3. The zero-order valence-electron chi connectivity index (χ0n) is 22.1. The average Bonchev–Trinajstić information content (AvgIpc) is 2.96. The van der Waals surface area contributed by atoms with Gasteiger partial charge in [0.1, 0.15) is 10.7 Å². The molecule has 5 rings (SSSR count). The van der Waals surface area contributed by atoms with E-state index in [0.717, 1.165) is 6.20 Å². The van der Waals surface area contributed by atoms with Crippen molar-refractivity contribution < 1.29 is 32.2 Å². The van der Waals surface area contributed by atoms with Crippen LogP contribution in [-0.2, 0) is 10.0 Å². The summed E-state index contributed by atoms with van der Waals surface area (Å²) in [4.78, 5) is 24.2. The molecule has 0 unspecified atom stereocenters. The van der Waals surface area contributed by atoms with Crippen LogP contribution in [0.15, 0.2) is 78.0 Å². The molecular formula is C28H23FN6O6S. The Kier molecular flexibility index (Phi) is 7.56. The van der Waals surface area contributed by atoms with Gasteiger partial charge in [-0.15, -0.1) is 0 Å². The quantitative estimate of drug-likeness (QED) is 0.187. The number of carboxylic acid groups (broad SMARTS) is 1. The van der Waals surface area contributed by atoms with Gasteiger partial charge >= 0.3 is 12.0 Å². The number of sulfonamides is 1. The van der Waals surface area contributed by atoms with E-state index in [0.29, 0.717) is 33.4 Å². The monoisotopic (exact) mass is 590 g/mol. The highest BCUT2D eigenvalue weighted by atomic mass is 32.2. The van der Waals surface area contributed by atoms with Gasteiger partial charge in [-0.2, -0.15) is 4.98 Å². The van der Waals surface area contributed by atoms with E-state index in [4.69, 9.17) is 14.6 Å². The number of anilines is 4. The predicted octanol–water partition coefficient (Wildman–Crippen LogP) is 4.68. The molecule has 0 fully saturated rings. The minimum absolute atomic E-state index is 0.0752. The van der Waals surface area contributed by atoms with Gasteiger partial charge in [-0.05, 0) is 48.0 Å². The predicted molar refractivity (Wildman–Crippen MR) is 154 cm³/mol. The van der Waals surface area contributed by atoms with E-state index in [9.17, 15) is 22.7 Å². The largest absolute Gasteiger partial charge is 0.480 e. The van der Waals surface area contributed by atoms with Gasteiger partial charge in [-0.1, -0.05) is 18.2 Å². The van der Waals surface area contributed by atoms with Gasteiger partial charge in [0, 0.05) is 34.8 Å². The van der Waals surface area contributed by atoms with Gasteiger partial charge < -0.3 is 25.2 Å². The zero-order valence-corrected chi connectivity index (χ0v) is 22.9. The van der Waals surface area contributed by atoms with E-state index in [1.165, 1.54) is 50.7 Å². The Bertz CT molecular complexity index is 1950. The maximum absolute atomic E-state index is 13.7. The Morgan fingerprint density at radius 1 is 0.929 bits per heavy atom. The number of fused-ring (bicyclic) bond motifs is 1. The molecule has 14 heteroatoms. The number of pyridine rings is 1. The highest BCUT2D eigenvalue weighted by molar-refractivity contribution is 7.89. The summed E-state index contributed by atoms with van der Waals surface area (Å²) < 4.78 is 49.2. The topological polar surface area (TPSA) is 179 Å². The summed E-state index contributed by atoms with van der Waals surface area (Å²) in [6.45, 7) is 0. The molecular weight excluding hydrogens is 567 g/mol. The molecule has 0 spiro atoms. The maximum atomic E-state index is 13.7. The van der Waals surface area contributed by atoms with Crippen LogP contribution in [0.2, 0.25) is 0 Å². The van der Waals surface area contributed by atoms with Crippen molar-refractivity contribution in [1.29, 1.82) is 0 Å². The highest BCUT2D eigenvalue weighted by Gasteiger charge is 2.20. The summed E-state index contributed by atoms with van der Waals surface area (Å²) in [5.41, 5.74) is 2.43. The average molecular weight is 591 g/mol. The summed E-state index contributed by atoms with van der Waals surface area (Å²) in [6, 6.07) is 15.0. The summed E-state index contributed by atoms with van der Waals surface area (Å²) in [5, 5.41) is 21.6. The third kappa shape index (κ3) is 5.89. The number of carbonyl (C=O) groups is 1. The van der Waals surface area contributed by atoms with Crippen molar-refractivity contribution in [2.24, 2.45) is 5.14 Å². The Labute approximate surface area is 239 Å². The number of hydrogen-bond acceptors (Lipinski definition) is 10. The first-order valence-electron chi connectivity index (χ1n) is 12.1. The van der Waals surface area contributed by atoms with Crippen LogP contribution < -0.4 is 25.2 Å². The van der Waals surface area contributed by atoms with Crippen molar-refractivity contribution in [3.63, 3.8) is 0 Å². The van der Waals surface area contributed by atoms with Gasteiger partial charge in [0.2, 0.25) is 15.9 Å². The molecule has 0 aliphatic carbocycles. The molecule has 2 heterocycles. The first kappa shape index (κ1) is 28.2. The summed E-state index contributed by atoms with van der Waals surface area (Å²) in [6.07, 6.45) is 2.63. The maximum Gasteiger partial charge on any atom is 0.335 e. The second-order valence-electron chi connectivity index (χ2n) is 8.92. The molecule has 214 valence electrons. The molecule has 5 N–H and O–H groups in total. The van der Waals surface area contributed by atoms with Gasteiger partial charge in [0.15, 0.2) is 0 Å². The Hall–Kier alpha value is -5.34. The molecule has 0 radical (unpaired) electrons. The van der Waals surface area contributed by atoms with E-state index < -0.39 is 21.8 Å². The Morgan fingerprint density at radius 2 is 1.69 bits per heavy atom. The van der Waals surface area contributed by atoms with Crippen molar-refractivity contribution in [1.82, 2.24) is 15.0 Å². The van der Waals surface area contributed by atoms with Crippen LogP contribution in [0.1, 0.15) is 10.4 Å². The third-order valence-electron chi connectivity index (χ3n) is 6.12. The number of carboxylic acids is 1. The lowest BCUT2D eigenvalue weighted by Crippen LogP contribution is -2.15. The highest BCUT2D eigenvalue weighted by Crippen LogP contribution is 2.36. The number of nitrogens with two attached hydrogens (primary N) is 1. The minimum atomic E-state index is -4.27. The second-order valence-corrected chi connectivity index (χ2v) is 10.4. The fraction of sp³-hybridized carbons (Fsp3) is 0.0714. The normalized spacial score (nSPS) is 11.2. The van der Waals surface area contributed by atoms with Gasteiger partial charge in [0.05, 0.1) is 36.6 Å². The van der Waals surface area contributed by atoms with Crippen LogP contribution in [-0.4, -0.2) is 48.7 Å². The first-order chi connectivity index (χ1) is 20.0. The fourth-order valence-electron chi connectivity index (χ4n) is 4.26. The molecule has 0 atom stereocenters. The molecule has 12 nitrogen and oxygen atoms in total. The van der Waals surface area contributed by atoms with Crippen molar-refractivity contribution in [2.45, 2.75) is 4.90 Å². The molecule has 0 bridgehead atoms. The van der Waals surface area contributed by atoms with Crippen molar-refractivity contribution in [3.05, 3.63) is 84.4 Å². The second kappa shape index (κ2) is 11.3. The van der Waals surface area contributed by atoms with Crippen LogP contribution in [0.4, 0.5) is 27.1 Å². The lowest BCUT2D eigenvalue weighted by molar-refractivity contribution is 0.0697. The Morgan fingerprint density at radius 3 is 2.36 bits per heavy atom. The summed E-state index contributed by atoms with van der Waals surface area (Å²) >= 11 is 0. The molecule has 5 aromatic rings. The van der Waals surface area contributed by atoms with E-state index in [2.05, 4.69) is 25.6 Å². The number of primary sulfonamides is 1. The number of ether oxygens (including phenoxy) is 2. The number of hydrogen-bond donors (Lipinski definition) is 4. The van der Waals surface area contributed by atoms with Crippen molar-refractivity contribution in [2.75, 3.05) is 24.9 Å². The fourth-order valence-corrected chi connectivity index (χ4v) is 4.91. The number of rotatable bonds is 9. The van der Waals surface area contributed by atoms with E-state index >= 15 is 0 Å².